The van der Waals surface area contributed by atoms with E-state index in [9.17, 15) is 9.18 Å². The van der Waals surface area contributed by atoms with Gasteiger partial charge in [-0.3, -0.25) is 4.79 Å². The largest absolute Gasteiger partial charge is 0.345 e. The molecule has 27 heavy (non-hydrogen) atoms. The maximum atomic E-state index is 13.8. The van der Waals surface area contributed by atoms with E-state index in [4.69, 9.17) is 0 Å². The molecule has 1 aliphatic rings. The zero-order valence-corrected chi connectivity index (χ0v) is 16.4. The van der Waals surface area contributed by atoms with Crippen LogP contribution in [0, 0.1) is 5.82 Å². The van der Waals surface area contributed by atoms with Gasteiger partial charge in [-0.1, -0.05) is 47.7 Å². The Morgan fingerprint density at radius 3 is 2.59 bits per heavy atom. The first-order valence-corrected chi connectivity index (χ1v) is 10.9. The van der Waals surface area contributed by atoms with Crippen molar-refractivity contribution in [2.75, 3.05) is 36.8 Å². The van der Waals surface area contributed by atoms with E-state index in [2.05, 4.69) is 22.0 Å². The molecule has 140 valence electrons. The van der Waals surface area contributed by atoms with Crippen LogP contribution in [0.25, 0.3) is 10.2 Å². The SMILES string of the molecule is O=C(CSCc1ccccc1)N1CCN(c2nc3c(F)cccc3s2)CC1. The van der Waals surface area contributed by atoms with Crippen LogP contribution >= 0.6 is 23.1 Å². The van der Waals surface area contributed by atoms with E-state index in [0.29, 0.717) is 24.4 Å². The molecule has 0 unspecified atom stereocenters. The molecular weight excluding hydrogens is 381 g/mol. The average Bonchev–Trinajstić information content (AvgIpc) is 3.15. The summed E-state index contributed by atoms with van der Waals surface area (Å²) >= 11 is 3.16. The quantitative estimate of drug-likeness (QED) is 0.647. The predicted octanol–water partition coefficient (Wildman–Crippen LogP) is 4.02. The van der Waals surface area contributed by atoms with E-state index < -0.39 is 0 Å². The van der Waals surface area contributed by atoms with Gasteiger partial charge in [0, 0.05) is 31.9 Å². The van der Waals surface area contributed by atoms with Gasteiger partial charge < -0.3 is 9.80 Å². The maximum absolute atomic E-state index is 13.8. The number of hydrogen-bond donors (Lipinski definition) is 0. The molecule has 0 bridgehead atoms. The summed E-state index contributed by atoms with van der Waals surface area (Å²) in [5, 5.41) is 0.834. The molecule has 0 N–H and O–H groups in total. The van der Waals surface area contributed by atoms with Gasteiger partial charge >= 0.3 is 0 Å². The van der Waals surface area contributed by atoms with Gasteiger partial charge in [0.1, 0.15) is 11.3 Å². The van der Waals surface area contributed by atoms with Crippen LogP contribution < -0.4 is 4.90 Å². The van der Waals surface area contributed by atoms with E-state index in [1.165, 1.54) is 23.0 Å². The number of benzene rings is 2. The number of para-hydroxylation sites is 1. The summed E-state index contributed by atoms with van der Waals surface area (Å²) in [6.07, 6.45) is 0. The number of fused-ring (bicyclic) bond motifs is 1. The number of thiazole rings is 1. The number of hydrogen-bond acceptors (Lipinski definition) is 5. The Bertz CT molecular complexity index is 923. The molecule has 1 amide bonds. The van der Waals surface area contributed by atoms with Gasteiger partial charge in [0.05, 0.1) is 10.5 Å². The zero-order valence-electron chi connectivity index (χ0n) is 14.8. The van der Waals surface area contributed by atoms with Crippen molar-refractivity contribution in [1.29, 1.82) is 0 Å². The summed E-state index contributed by atoms with van der Waals surface area (Å²) in [6, 6.07) is 15.2. The highest BCUT2D eigenvalue weighted by Crippen LogP contribution is 2.30. The number of halogens is 1. The lowest BCUT2D eigenvalue weighted by Crippen LogP contribution is -2.49. The topological polar surface area (TPSA) is 36.4 Å². The fourth-order valence-corrected chi connectivity index (χ4v) is 5.03. The minimum atomic E-state index is -0.278. The van der Waals surface area contributed by atoms with Crippen molar-refractivity contribution in [3.8, 4) is 0 Å². The summed E-state index contributed by atoms with van der Waals surface area (Å²) in [5.41, 5.74) is 1.68. The van der Waals surface area contributed by atoms with Crippen molar-refractivity contribution >= 4 is 44.4 Å². The number of nitrogens with zero attached hydrogens (tertiary/aromatic N) is 3. The summed E-state index contributed by atoms with van der Waals surface area (Å²) in [5.74, 6) is 1.26. The third kappa shape index (κ3) is 4.25. The molecular formula is C20H20FN3OS2. The van der Waals surface area contributed by atoms with Crippen LogP contribution in [0.4, 0.5) is 9.52 Å². The molecule has 0 aliphatic carbocycles. The lowest BCUT2D eigenvalue weighted by molar-refractivity contribution is -0.128. The molecule has 3 aromatic rings. The van der Waals surface area contributed by atoms with Gasteiger partial charge in [0.25, 0.3) is 0 Å². The van der Waals surface area contributed by atoms with Crippen molar-refractivity contribution in [2.24, 2.45) is 0 Å². The highest BCUT2D eigenvalue weighted by Gasteiger charge is 2.23. The van der Waals surface area contributed by atoms with Crippen LogP contribution in [0.2, 0.25) is 0 Å². The Morgan fingerprint density at radius 2 is 1.85 bits per heavy atom. The Hall–Kier alpha value is -2.12. The first-order chi connectivity index (χ1) is 13.2. The Morgan fingerprint density at radius 1 is 1.07 bits per heavy atom. The van der Waals surface area contributed by atoms with Crippen molar-refractivity contribution in [1.82, 2.24) is 9.88 Å². The third-order valence-corrected chi connectivity index (χ3v) is 6.67. The normalized spacial score (nSPS) is 14.7. The predicted molar refractivity (Wildman–Crippen MR) is 111 cm³/mol. The molecule has 0 atom stereocenters. The lowest BCUT2D eigenvalue weighted by Gasteiger charge is -2.34. The van der Waals surface area contributed by atoms with E-state index in [0.717, 1.165) is 28.7 Å². The number of aromatic nitrogens is 1. The maximum Gasteiger partial charge on any atom is 0.232 e. The molecule has 4 nitrogen and oxygen atoms in total. The number of thioether (sulfide) groups is 1. The molecule has 4 rings (SSSR count). The van der Waals surface area contributed by atoms with E-state index in [1.807, 2.05) is 29.2 Å². The first-order valence-electron chi connectivity index (χ1n) is 8.90. The second-order valence-electron chi connectivity index (χ2n) is 6.43. The van der Waals surface area contributed by atoms with Gasteiger partial charge in [-0.15, -0.1) is 11.8 Å². The van der Waals surface area contributed by atoms with Gasteiger partial charge in [-0.05, 0) is 17.7 Å². The van der Waals surface area contributed by atoms with Crippen LogP contribution in [-0.4, -0.2) is 47.7 Å². The Kier molecular flexibility index (Phi) is 5.59. The summed E-state index contributed by atoms with van der Waals surface area (Å²) in [4.78, 5) is 21.0. The van der Waals surface area contributed by atoms with E-state index >= 15 is 0 Å². The average molecular weight is 402 g/mol. The van der Waals surface area contributed by atoms with Gasteiger partial charge in [-0.2, -0.15) is 0 Å². The molecule has 2 aromatic carbocycles. The number of anilines is 1. The van der Waals surface area contributed by atoms with Crippen LogP contribution in [-0.2, 0) is 10.5 Å². The molecule has 1 fully saturated rings. The minimum Gasteiger partial charge on any atom is -0.345 e. The molecule has 0 spiro atoms. The molecule has 2 heterocycles. The second-order valence-corrected chi connectivity index (χ2v) is 8.42. The van der Waals surface area contributed by atoms with Crippen LogP contribution in [0.3, 0.4) is 0 Å². The number of amides is 1. The van der Waals surface area contributed by atoms with Gasteiger partial charge in [0.15, 0.2) is 5.13 Å². The van der Waals surface area contributed by atoms with Crippen molar-refractivity contribution in [3.63, 3.8) is 0 Å². The molecule has 1 saturated heterocycles. The number of piperazine rings is 1. The highest BCUT2D eigenvalue weighted by molar-refractivity contribution is 7.99. The highest BCUT2D eigenvalue weighted by atomic mass is 32.2. The molecule has 7 heteroatoms. The standard InChI is InChI=1S/C20H20FN3OS2/c21-16-7-4-8-17-19(16)22-20(27-17)24-11-9-23(10-12-24)18(25)14-26-13-15-5-2-1-3-6-15/h1-8H,9-14H2. The van der Waals surface area contributed by atoms with Gasteiger partial charge in [0.2, 0.25) is 5.91 Å². The molecule has 1 aromatic heterocycles. The van der Waals surface area contributed by atoms with Crippen molar-refractivity contribution in [3.05, 3.63) is 59.9 Å². The Labute approximate surface area is 166 Å². The fourth-order valence-electron chi connectivity index (χ4n) is 3.11. The molecule has 0 saturated carbocycles. The number of carbonyl (C=O) groups is 1. The van der Waals surface area contributed by atoms with E-state index in [-0.39, 0.29) is 11.7 Å². The summed E-state index contributed by atoms with van der Waals surface area (Å²) in [7, 11) is 0. The number of carbonyl (C=O) groups excluding carboxylic acids is 1. The van der Waals surface area contributed by atoms with Crippen LogP contribution in [0.5, 0.6) is 0 Å². The van der Waals surface area contributed by atoms with Crippen molar-refractivity contribution < 1.29 is 9.18 Å². The summed E-state index contributed by atoms with van der Waals surface area (Å²) < 4.78 is 14.7. The van der Waals surface area contributed by atoms with Gasteiger partial charge in [-0.25, -0.2) is 9.37 Å². The third-order valence-electron chi connectivity index (χ3n) is 4.60. The molecule has 1 aliphatic heterocycles. The monoisotopic (exact) mass is 401 g/mol. The Balaban J connectivity index is 1.29. The molecule has 0 radical (unpaired) electrons. The smallest absolute Gasteiger partial charge is 0.232 e. The van der Waals surface area contributed by atoms with Crippen LogP contribution in [0.1, 0.15) is 5.56 Å². The minimum absolute atomic E-state index is 0.186. The van der Waals surface area contributed by atoms with E-state index in [1.54, 1.807) is 17.8 Å². The fraction of sp³-hybridized carbons (Fsp3) is 0.300. The summed E-state index contributed by atoms with van der Waals surface area (Å²) in [6.45, 7) is 2.83. The first kappa shape index (κ1) is 18.3. The zero-order chi connectivity index (χ0) is 18.6. The van der Waals surface area contributed by atoms with Crippen molar-refractivity contribution in [2.45, 2.75) is 5.75 Å². The second kappa shape index (κ2) is 8.27. The lowest BCUT2D eigenvalue weighted by atomic mass is 10.2. The van der Waals surface area contributed by atoms with Crippen LogP contribution in [0.15, 0.2) is 48.5 Å². The number of rotatable bonds is 5.